The summed E-state index contributed by atoms with van der Waals surface area (Å²) in [5.74, 6) is 0.936. The predicted octanol–water partition coefficient (Wildman–Crippen LogP) is 5.48. The summed E-state index contributed by atoms with van der Waals surface area (Å²) < 4.78 is 6.38. The van der Waals surface area contributed by atoms with Gasteiger partial charge in [-0.15, -0.1) is 0 Å². The first-order valence-corrected chi connectivity index (χ1v) is 9.87. The van der Waals surface area contributed by atoms with Crippen molar-refractivity contribution in [3.05, 3.63) is 108 Å². The van der Waals surface area contributed by atoms with E-state index in [0.717, 1.165) is 23.4 Å². The molecule has 0 saturated carbocycles. The van der Waals surface area contributed by atoms with E-state index in [2.05, 4.69) is 70.7 Å². The number of hydrogen-bond donors (Lipinski definition) is 0. The van der Waals surface area contributed by atoms with Gasteiger partial charge in [0, 0.05) is 29.9 Å². The Balaban J connectivity index is 1.45. The lowest BCUT2D eigenvalue weighted by Crippen LogP contribution is -2.33. The standard InChI is InChI=1S/C25H19N3O/c1-2-6-19-15-20(10-9-17(19)5-1)22-16-23-21-7-3-4-8-24(21)29-25(28(23)27-22)18-11-13-26-14-12-18/h1-15,23,25H,16H2/t23-,25-/m1/s1. The van der Waals surface area contributed by atoms with Gasteiger partial charge >= 0.3 is 0 Å². The first kappa shape index (κ1) is 16.3. The van der Waals surface area contributed by atoms with Crippen LogP contribution >= 0.6 is 0 Å². The monoisotopic (exact) mass is 377 g/mol. The van der Waals surface area contributed by atoms with Gasteiger partial charge in [-0.05, 0) is 40.6 Å². The lowest BCUT2D eigenvalue weighted by molar-refractivity contribution is -0.0190. The van der Waals surface area contributed by atoms with Crippen LogP contribution in [0.3, 0.4) is 0 Å². The maximum Gasteiger partial charge on any atom is 0.213 e. The Kier molecular flexibility index (Phi) is 3.63. The highest BCUT2D eigenvalue weighted by Gasteiger charge is 2.40. The van der Waals surface area contributed by atoms with Crippen LogP contribution in [0, 0.1) is 0 Å². The van der Waals surface area contributed by atoms with Crippen LogP contribution in [-0.4, -0.2) is 15.7 Å². The molecule has 0 radical (unpaired) electrons. The topological polar surface area (TPSA) is 37.7 Å². The number of benzene rings is 3. The van der Waals surface area contributed by atoms with Crippen LogP contribution in [-0.2, 0) is 0 Å². The molecule has 4 nitrogen and oxygen atoms in total. The van der Waals surface area contributed by atoms with Crippen LogP contribution in [0.25, 0.3) is 10.8 Å². The number of rotatable bonds is 2. The van der Waals surface area contributed by atoms with Gasteiger partial charge in [-0.25, -0.2) is 5.01 Å². The molecule has 0 spiro atoms. The Morgan fingerprint density at radius 3 is 2.52 bits per heavy atom. The molecule has 6 rings (SSSR count). The molecule has 4 heteroatoms. The molecule has 2 aliphatic heterocycles. The molecule has 140 valence electrons. The fourth-order valence-electron chi connectivity index (χ4n) is 4.33. The van der Waals surface area contributed by atoms with Crippen molar-refractivity contribution in [3.8, 4) is 5.75 Å². The zero-order chi connectivity index (χ0) is 19.2. The molecule has 29 heavy (non-hydrogen) atoms. The Morgan fingerprint density at radius 1 is 0.828 bits per heavy atom. The third kappa shape index (κ3) is 2.68. The van der Waals surface area contributed by atoms with Gasteiger partial charge < -0.3 is 4.74 Å². The van der Waals surface area contributed by atoms with Crippen molar-refractivity contribution < 1.29 is 4.74 Å². The van der Waals surface area contributed by atoms with Gasteiger partial charge in [0.1, 0.15) is 5.75 Å². The summed E-state index contributed by atoms with van der Waals surface area (Å²) >= 11 is 0. The number of para-hydroxylation sites is 1. The van der Waals surface area contributed by atoms with Gasteiger partial charge in [0.05, 0.1) is 11.8 Å². The zero-order valence-corrected chi connectivity index (χ0v) is 15.8. The SMILES string of the molecule is c1ccc2c(c1)O[C@H](c1ccncc1)N1N=C(c3ccc4ccccc4c3)C[C@H]21. The highest BCUT2D eigenvalue weighted by atomic mass is 16.5. The van der Waals surface area contributed by atoms with Gasteiger partial charge in [0.2, 0.25) is 6.23 Å². The molecule has 3 heterocycles. The van der Waals surface area contributed by atoms with E-state index in [4.69, 9.17) is 9.84 Å². The molecule has 2 aliphatic rings. The molecule has 0 amide bonds. The Morgan fingerprint density at radius 2 is 1.62 bits per heavy atom. The minimum absolute atomic E-state index is 0.166. The summed E-state index contributed by atoms with van der Waals surface area (Å²) in [4.78, 5) is 4.15. The molecule has 4 aromatic rings. The summed E-state index contributed by atoms with van der Waals surface area (Å²) in [6.45, 7) is 0. The van der Waals surface area contributed by atoms with Crippen LogP contribution in [0.15, 0.2) is 96.4 Å². The van der Waals surface area contributed by atoms with Crippen molar-refractivity contribution >= 4 is 16.5 Å². The van der Waals surface area contributed by atoms with E-state index in [9.17, 15) is 0 Å². The number of ether oxygens (including phenoxy) is 1. The number of pyridine rings is 1. The van der Waals surface area contributed by atoms with Crippen LogP contribution in [0.5, 0.6) is 5.75 Å². The molecular weight excluding hydrogens is 358 g/mol. The minimum Gasteiger partial charge on any atom is -0.464 e. The van der Waals surface area contributed by atoms with E-state index in [1.807, 2.05) is 18.2 Å². The highest BCUT2D eigenvalue weighted by Crippen LogP contribution is 2.47. The zero-order valence-electron chi connectivity index (χ0n) is 15.8. The normalized spacial score (nSPS) is 20.0. The number of hydrogen-bond acceptors (Lipinski definition) is 4. The fourth-order valence-corrected chi connectivity index (χ4v) is 4.33. The number of fused-ring (bicyclic) bond motifs is 4. The molecular formula is C25H19N3O. The lowest BCUT2D eigenvalue weighted by atomic mass is 9.95. The molecule has 2 atom stereocenters. The van der Waals surface area contributed by atoms with E-state index < -0.39 is 0 Å². The van der Waals surface area contributed by atoms with E-state index in [0.29, 0.717) is 0 Å². The first-order chi connectivity index (χ1) is 14.4. The van der Waals surface area contributed by atoms with Crippen molar-refractivity contribution in [2.24, 2.45) is 5.10 Å². The van der Waals surface area contributed by atoms with Crippen LogP contribution in [0.2, 0.25) is 0 Å². The van der Waals surface area contributed by atoms with Crippen molar-refractivity contribution in [3.63, 3.8) is 0 Å². The summed E-state index contributed by atoms with van der Waals surface area (Å²) in [6, 6.07) is 27.5. The van der Waals surface area contributed by atoms with Crippen molar-refractivity contribution in [1.82, 2.24) is 9.99 Å². The molecule has 0 unspecified atom stereocenters. The van der Waals surface area contributed by atoms with E-state index in [-0.39, 0.29) is 12.3 Å². The van der Waals surface area contributed by atoms with E-state index >= 15 is 0 Å². The average Bonchev–Trinajstić information content (AvgIpc) is 3.25. The van der Waals surface area contributed by atoms with E-state index in [1.165, 1.54) is 21.9 Å². The van der Waals surface area contributed by atoms with Gasteiger partial charge in [-0.2, -0.15) is 5.10 Å². The number of hydrazone groups is 1. The smallest absolute Gasteiger partial charge is 0.213 e. The highest BCUT2D eigenvalue weighted by molar-refractivity contribution is 6.04. The number of nitrogens with zero attached hydrogens (tertiary/aromatic N) is 3. The Bertz CT molecular complexity index is 1240. The quantitative estimate of drug-likeness (QED) is 0.464. The van der Waals surface area contributed by atoms with Crippen molar-refractivity contribution in [2.75, 3.05) is 0 Å². The molecule has 0 aliphatic carbocycles. The van der Waals surface area contributed by atoms with Crippen molar-refractivity contribution in [1.29, 1.82) is 0 Å². The largest absolute Gasteiger partial charge is 0.464 e. The fraction of sp³-hybridized carbons (Fsp3) is 0.120. The predicted molar refractivity (Wildman–Crippen MR) is 114 cm³/mol. The Labute approximate surface area is 169 Å². The van der Waals surface area contributed by atoms with Crippen molar-refractivity contribution in [2.45, 2.75) is 18.7 Å². The van der Waals surface area contributed by atoms with Crippen LogP contribution in [0.1, 0.15) is 35.4 Å². The van der Waals surface area contributed by atoms with Gasteiger partial charge in [-0.3, -0.25) is 4.98 Å². The molecule has 0 saturated heterocycles. The third-order valence-electron chi connectivity index (χ3n) is 5.77. The summed E-state index contributed by atoms with van der Waals surface area (Å²) in [6.07, 6.45) is 4.22. The molecule has 3 aromatic carbocycles. The average molecular weight is 377 g/mol. The maximum atomic E-state index is 6.38. The molecule has 0 N–H and O–H groups in total. The summed E-state index contributed by atoms with van der Waals surface area (Å²) in [5, 5.41) is 9.64. The van der Waals surface area contributed by atoms with Gasteiger partial charge in [0.15, 0.2) is 0 Å². The second-order valence-electron chi connectivity index (χ2n) is 7.50. The third-order valence-corrected chi connectivity index (χ3v) is 5.77. The lowest BCUT2D eigenvalue weighted by Gasteiger charge is -2.38. The second-order valence-corrected chi connectivity index (χ2v) is 7.50. The molecule has 1 aromatic heterocycles. The first-order valence-electron chi connectivity index (χ1n) is 9.87. The number of aromatic nitrogens is 1. The maximum absolute atomic E-state index is 6.38. The Hall–Kier alpha value is -3.66. The molecule has 0 bridgehead atoms. The van der Waals surface area contributed by atoms with Gasteiger partial charge in [0.25, 0.3) is 0 Å². The molecule has 0 fully saturated rings. The van der Waals surface area contributed by atoms with Crippen LogP contribution in [0.4, 0.5) is 0 Å². The summed E-state index contributed by atoms with van der Waals surface area (Å²) in [5.41, 5.74) is 4.52. The second kappa shape index (κ2) is 6.45. The van der Waals surface area contributed by atoms with Crippen LogP contribution < -0.4 is 4.74 Å². The summed E-state index contributed by atoms with van der Waals surface area (Å²) in [7, 11) is 0. The minimum atomic E-state index is -0.254. The van der Waals surface area contributed by atoms with Gasteiger partial charge in [-0.1, -0.05) is 54.6 Å². The van der Waals surface area contributed by atoms with E-state index in [1.54, 1.807) is 12.4 Å².